The molecule has 1 aromatic carbocycles. The van der Waals surface area contributed by atoms with E-state index in [0.29, 0.717) is 11.1 Å². The third-order valence-corrected chi connectivity index (χ3v) is 5.09. The van der Waals surface area contributed by atoms with Crippen LogP contribution in [0.15, 0.2) is 26.4 Å². The van der Waals surface area contributed by atoms with Crippen LogP contribution in [-0.4, -0.2) is 29.4 Å². The van der Waals surface area contributed by atoms with Gasteiger partial charge < -0.3 is 9.52 Å². The maximum Gasteiger partial charge on any atom is 0.339 e. The summed E-state index contributed by atoms with van der Waals surface area (Å²) in [7, 11) is 0. The van der Waals surface area contributed by atoms with Crippen LogP contribution >= 0.6 is 0 Å². The monoisotopic (exact) mass is 326 g/mol. The van der Waals surface area contributed by atoms with E-state index in [2.05, 4.69) is 5.10 Å². The van der Waals surface area contributed by atoms with Gasteiger partial charge in [0.05, 0.1) is 11.8 Å². The molecule has 1 aliphatic heterocycles. The van der Waals surface area contributed by atoms with E-state index in [9.17, 15) is 9.90 Å². The van der Waals surface area contributed by atoms with E-state index in [4.69, 9.17) is 4.42 Å². The fourth-order valence-corrected chi connectivity index (χ4v) is 3.78. The van der Waals surface area contributed by atoms with Gasteiger partial charge in [0.15, 0.2) is 5.58 Å². The number of nitrogens with zero attached hydrogens (tertiary/aromatic N) is 2. The summed E-state index contributed by atoms with van der Waals surface area (Å²) in [5.41, 5.74) is 2.58. The van der Waals surface area contributed by atoms with Gasteiger partial charge >= 0.3 is 5.63 Å². The Morgan fingerprint density at radius 1 is 1.04 bits per heavy atom. The molecular formula is C19H22N2O3. The molecule has 5 heteroatoms. The molecule has 126 valence electrons. The summed E-state index contributed by atoms with van der Waals surface area (Å²) in [6.07, 6.45) is 8.96. The van der Waals surface area contributed by atoms with Crippen LogP contribution < -0.4 is 5.63 Å². The van der Waals surface area contributed by atoms with Gasteiger partial charge in [0.2, 0.25) is 0 Å². The number of hydrogen-bond acceptors (Lipinski definition) is 5. The van der Waals surface area contributed by atoms with Crippen molar-refractivity contribution in [2.24, 2.45) is 5.10 Å². The zero-order valence-electron chi connectivity index (χ0n) is 13.8. The van der Waals surface area contributed by atoms with Crippen molar-refractivity contribution in [3.05, 3.63) is 39.2 Å². The molecule has 1 saturated heterocycles. The molecule has 2 aromatic rings. The van der Waals surface area contributed by atoms with Crippen molar-refractivity contribution >= 4 is 17.2 Å². The third kappa shape index (κ3) is 2.68. The van der Waals surface area contributed by atoms with Crippen molar-refractivity contribution in [1.82, 2.24) is 5.01 Å². The number of hydrogen-bond donors (Lipinski definition) is 1. The number of phenols is 1. The molecule has 24 heavy (non-hydrogen) atoms. The molecule has 0 amide bonds. The molecule has 0 bridgehead atoms. The summed E-state index contributed by atoms with van der Waals surface area (Å²) < 4.78 is 5.59. The summed E-state index contributed by atoms with van der Waals surface area (Å²) in [5, 5.41) is 17.7. The van der Waals surface area contributed by atoms with Crippen LogP contribution in [0, 0.1) is 0 Å². The molecule has 1 N–H and O–H groups in total. The Kier molecular flexibility index (Phi) is 4.00. The molecule has 1 aromatic heterocycles. The number of phenolic OH excluding ortho intramolecular Hbond substituents is 1. The number of rotatable bonds is 2. The minimum Gasteiger partial charge on any atom is -0.507 e. The standard InChI is InChI=1S/C19H22N2O3/c22-17-9-8-14-13-6-2-3-7-15(13)19(23)24-18(14)16(17)12-20-21-10-4-1-5-11-21/h8-9,12,22H,1-7,10-11H2/b20-12+. The number of benzene rings is 1. The average Bonchev–Trinajstić information content (AvgIpc) is 2.62. The zero-order chi connectivity index (χ0) is 16.5. The van der Waals surface area contributed by atoms with Gasteiger partial charge in [-0.1, -0.05) is 0 Å². The maximum absolute atomic E-state index is 12.3. The lowest BCUT2D eigenvalue weighted by Crippen LogP contribution is -2.24. The topological polar surface area (TPSA) is 66.0 Å². The molecule has 0 unspecified atom stereocenters. The lowest BCUT2D eigenvalue weighted by Gasteiger charge is -2.23. The molecule has 0 radical (unpaired) electrons. The number of aryl methyl sites for hydroxylation is 1. The van der Waals surface area contributed by atoms with Crippen molar-refractivity contribution in [1.29, 1.82) is 0 Å². The highest BCUT2D eigenvalue weighted by Gasteiger charge is 2.20. The molecule has 0 saturated carbocycles. The van der Waals surface area contributed by atoms with Crippen LogP contribution in [0.3, 0.4) is 0 Å². The van der Waals surface area contributed by atoms with Crippen molar-refractivity contribution in [3.63, 3.8) is 0 Å². The highest BCUT2D eigenvalue weighted by molar-refractivity contribution is 6.00. The van der Waals surface area contributed by atoms with E-state index in [1.54, 1.807) is 12.3 Å². The molecule has 1 aliphatic carbocycles. The Balaban J connectivity index is 1.82. The summed E-state index contributed by atoms with van der Waals surface area (Å²) in [6, 6.07) is 3.53. The lowest BCUT2D eigenvalue weighted by atomic mass is 9.90. The van der Waals surface area contributed by atoms with E-state index in [0.717, 1.165) is 68.1 Å². The predicted octanol–water partition coefficient (Wildman–Crippen LogP) is 3.20. The predicted molar refractivity (Wildman–Crippen MR) is 93.8 cm³/mol. The van der Waals surface area contributed by atoms with Gasteiger partial charge in [0.1, 0.15) is 5.75 Å². The highest BCUT2D eigenvalue weighted by Crippen LogP contribution is 2.31. The van der Waals surface area contributed by atoms with Crippen LogP contribution in [0.4, 0.5) is 0 Å². The quantitative estimate of drug-likeness (QED) is 0.680. The first kappa shape index (κ1) is 15.2. The minimum absolute atomic E-state index is 0.0992. The zero-order valence-corrected chi connectivity index (χ0v) is 13.8. The number of fused-ring (bicyclic) bond motifs is 3. The minimum atomic E-state index is -0.268. The molecular weight excluding hydrogens is 304 g/mol. The summed E-state index contributed by atoms with van der Waals surface area (Å²) in [6.45, 7) is 1.86. The van der Waals surface area contributed by atoms with Gasteiger partial charge in [-0.3, -0.25) is 5.01 Å². The highest BCUT2D eigenvalue weighted by atomic mass is 16.4. The molecule has 4 rings (SSSR count). The van der Waals surface area contributed by atoms with Gasteiger partial charge in [0.25, 0.3) is 0 Å². The van der Waals surface area contributed by atoms with E-state index < -0.39 is 0 Å². The number of piperidine rings is 1. The van der Waals surface area contributed by atoms with E-state index >= 15 is 0 Å². The van der Waals surface area contributed by atoms with Gasteiger partial charge in [0, 0.05) is 24.0 Å². The van der Waals surface area contributed by atoms with Gasteiger partial charge in [-0.15, -0.1) is 0 Å². The Bertz CT molecular complexity index is 848. The second-order valence-electron chi connectivity index (χ2n) is 6.69. The Labute approximate surface area is 140 Å². The van der Waals surface area contributed by atoms with Crippen molar-refractivity contribution in [2.45, 2.75) is 44.9 Å². The van der Waals surface area contributed by atoms with Crippen LogP contribution in [0.5, 0.6) is 5.75 Å². The second-order valence-corrected chi connectivity index (χ2v) is 6.69. The van der Waals surface area contributed by atoms with Crippen LogP contribution in [0.25, 0.3) is 11.0 Å². The van der Waals surface area contributed by atoms with Crippen molar-refractivity contribution in [3.8, 4) is 5.75 Å². The van der Waals surface area contributed by atoms with E-state index in [1.807, 2.05) is 11.1 Å². The largest absolute Gasteiger partial charge is 0.507 e. The van der Waals surface area contributed by atoms with Crippen LogP contribution in [-0.2, 0) is 12.8 Å². The molecule has 0 atom stereocenters. The lowest BCUT2D eigenvalue weighted by molar-refractivity contribution is 0.240. The van der Waals surface area contributed by atoms with E-state index in [-0.39, 0.29) is 11.4 Å². The van der Waals surface area contributed by atoms with Crippen molar-refractivity contribution in [2.75, 3.05) is 13.1 Å². The average molecular weight is 326 g/mol. The summed E-state index contributed by atoms with van der Waals surface area (Å²) in [5.74, 6) is 0.0992. The molecule has 5 nitrogen and oxygen atoms in total. The first-order valence-corrected chi connectivity index (χ1v) is 8.83. The molecule has 2 aliphatic rings. The van der Waals surface area contributed by atoms with Crippen LogP contribution in [0.1, 0.15) is 48.8 Å². The first-order valence-electron chi connectivity index (χ1n) is 8.83. The smallest absolute Gasteiger partial charge is 0.339 e. The number of hydrazone groups is 1. The summed E-state index contributed by atoms with van der Waals surface area (Å²) >= 11 is 0. The molecule has 1 fully saturated rings. The number of aromatic hydroxyl groups is 1. The second kappa shape index (κ2) is 6.30. The first-order chi connectivity index (χ1) is 11.7. The Morgan fingerprint density at radius 2 is 1.79 bits per heavy atom. The van der Waals surface area contributed by atoms with Gasteiger partial charge in [-0.25, -0.2) is 4.79 Å². The Morgan fingerprint density at radius 3 is 2.58 bits per heavy atom. The third-order valence-electron chi connectivity index (χ3n) is 5.09. The van der Waals surface area contributed by atoms with E-state index in [1.165, 1.54) is 6.42 Å². The van der Waals surface area contributed by atoms with Crippen molar-refractivity contribution < 1.29 is 9.52 Å². The summed E-state index contributed by atoms with van der Waals surface area (Å²) in [4.78, 5) is 12.3. The van der Waals surface area contributed by atoms with Gasteiger partial charge in [-0.05, 0) is 62.6 Å². The van der Waals surface area contributed by atoms with Crippen LogP contribution in [0.2, 0.25) is 0 Å². The molecule has 2 heterocycles. The maximum atomic E-state index is 12.3. The SMILES string of the molecule is O=c1oc2c(/C=N/N3CCCCC3)c(O)ccc2c2c1CCCC2. The van der Waals surface area contributed by atoms with Gasteiger partial charge in [-0.2, -0.15) is 5.10 Å². The Hall–Kier alpha value is -2.30. The molecule has 0 spiro atoms. The fourth-order valence-electron chi connectivity index (χ4n) is 3.78. The fraction of sp³-hybridized carbons (Fsp3) is 0.474. The normalized spacial score (nSPS) is 18.2.